The molecule has 4 nitrogen and oxygen atoms in total. The summed E-state index contributed by atoms with van der Waals surface area (Å²) in [4.78, 5) is 0. The van der Waals surface area contributed by atoms with Crippen molar-refractivity contribution in [3.05, 3.63) is 91.1 Å². The second-order valence-electron chi connectivity index (χ2n) is 7.69. The fraction of sp³-hybridized carbons (Fsp3) is 0.222. The van der Waals surface area contributed by atoms with Crippen LogP contribution in [0.25, 0.3) is 27.8 Å². The number of pyridine rings is 1. The van der Waals surface area contributed by atoms with Gasteiger partial charge in [-0.3, -0.25) is 0 Å². The Balaban J connectivity index is 1.23. The molecule has 158 valence electrons. The van der Waals surface area contributed by atoms with Crippen LogP contribution in [0.15, 0.2) is 85.6 Å². The number of aromatic nitrogens is 1. The quantitative estimate of drug-likeness (QED) is 0.300. The molecular weight excluding hydrogens is 384 g/mol. The Morgan fingerprint density at radius 2 is 1.74 bits per heavy atom. The third-order valence-corrected chi connectivity index (χ3v) is 5.49. The van der Waals surface area contributed by atoms with Crippen LogP contribution < -0.4 is 14.6 Å². The van der Waals surface area contributed by atoms with Crippen LogP contribution in [-0.2, 0) is 6.54 Å². The van der Waals surface area contributed by atoms with Gasteiger partial charge in [-0.15, -0.1) is 0 Å². The van der Waals surface area contributed by atoms with Gasteiger partial charge in [0.25, 0.3) is 0 Å². The molecular formula is C27H29N2O2+. The highest BCUT2D eigenvalue weighted by Crippen LogP contribution is 2.25. The van der Waals surface area contributed by atoms with Gasteiger partial charge < -0.3 is 15.2 Å². The summed E-state index contributed by atoms with van der Waals surface area (Å²) >= 11 is 0. The molecule has 0 spiro atoms. The van der Waals surface area contributed by atoms with Crippen molar-refractivity contribution in [3.63, 3.8) is 0 Å². The van der Waals surface area contributed by atoms with E-state index in [1.165, 1.54) is 10.9 Å². The normalized spacial score (nSPS) is 12.2. The first-order chi connectivity index (χ1) is 15.3. The standard InChI is InChI=1S/C27H29N2O2/c1-2-21-15-18-29(26-13-6-5-11-24(21)26)17-8-16-28-19-23(30)20-31-27-14-7-10-22-9-3-4-12-25(22)27/h2-7,9-15,18,23,28,30H,1,8,16-17,19-20H2/q+1. The molecule has 1 aromatic heterocycles. The Morgan fingerprint density at radius 1 is 0.968 bits per heavy atom. The molecule has 3 aromatic carbocycles. The molecule has 0 bridgehead atoms. The smallest absolute Gasteiger partial charge is 0.213 e. The minimum absolute atomic E-state index is 0.267. The zero-order valence-electron chi connectivity index (χ0n) is 17.7. The molecule has 0 saturated carbocycles. The molecule has 4 heteroatoms. The number of aliphatic hydroxyl groups excluding tert-OH is 1. The van der Waals surface area contributed by atoms with Crippen LogP contribution >= 0.6 is 0 Å². The lowest BCUT2D eigenvalue weighted by Gasteiger charge is -2.14. The SMILES string of the molecule is C=Cc1cc[n+](CCCNCC(O)COc2cccc3ccccc23)c2ccccc12. The third kappa shape index (κ3) is 5.10. The number of hydrogen-bond acceptors (Lipinski definition) is 3. The van der Waals surface area contributed by atoms with Gasteiger partial charge >= 0.3 is 0 Å². The lowest BCUT2D eigenvalue weighted by molar-refractivity contribution is -0.671. The number of hydrogen-bond donors (Lipinski definition) is 2. The molecule has 4 aromatic rings. The average Bonchev–Trinajstić information content (AvgIpc) is 2.82. The Hall–Kier alpha value is -3.21. The summed E-state index contributed by atoms with van der Waals surface area (Å²) in [5, 5.41) is 17.1. The minimum Gasteiger partial charge on any atom is -0.490 e. The van der Waals surface area contributed by atoms with Crippen LogP contribution in [0.1, 0.15) is 12.0 Å². The van der Waals surface area contributed by atoms with Gasteiger partial charge in [0.1, 0.15) is 25.0 Å². The Labute approximate surface area is 183 Å². The van der Waals surface area contributed by atoms with Gasteiger partial charge in [-0.05, 0) is 23.1 Å². The zero-order valence-corrected chi connectivity index (χ0v) is 17.7. The summed E-state index contributed by atoms with van der Waals surface area (Å²) in [6.07, 6.45) is 4.43. The van der Waals surface area contributed by atoms with E-state index in [4.69, 9.17) is 4.74 Å². The number of fused-ring (bicyclic) bond motifs is 2. The van der Waals surface area contributed by atoms with Gasteiger partial charge in [0.2, 0.25) is 5.52 Å². The van der Waals surface area contributed by atoms with Gasteiger partial charge in [0.05, 0.1) is 5.39 Å². The van der Waals surface area contributed by atoms with Crippen LogP contribution in [0.3, 0.4) is 0 Å². The maximum atomic E-state index is 10.3. The average molecular weight is 414 g/mol. The van der Waals surface area contributed by atoms with Crippen LogP contribution in [0, 0.1) is 0 Å². The van der Waals surface area contributed by atoms with E-state index in [1.54, 1.807) is 0 Å². The Kier molecular flexibility index (Phi) is 6.92. The number of nitrogens with one attached hydrogen (secondary N) is 1. The van der Waals surface area contributed by atoms with Gasteiger partial charge in [-0.25, -0.2) is 0 Å². The summed E-state index contributed by atoms with van der Waals surface area (Å²) in [6.45, 7) is 6.42. The molecule has 2 N–H and O–H groups in total. The number of benzene rings is 3. The molecule has 1 unspecified atom stereocenters. The summed E-state index contributed by atoms with van der Waals surface area (Å²) in [5.41, 5.74) is 2.36. The topological polar surface area (TPSA) is 45.4 Å². The molecule has 0 amide bonds. The van der Waals surface area contributed by atoms with E-state index in [1.807, 2.05) is 36.4 Å². The van der Waals surface area contributed by atoms with Crippen LogP contribution in [0.5, 0.6) is 5.75 Å². The van der Waals surface area contributed by atoms with Crippen molar-refractivity contribution in [1.82, 2.24) is 5.32 Å². The molecule has 1 atom stereocenters. The van der Waals surface area contributed by atoms with Crippen molar-refractivity contribution in [1.29, 1.82) is 0 Å². The van der Waals surface area contributed by atoms with Crippen molar-refractivity contribution in [2.24, 2.45) is 0 Å². The van der Waals surface area contributed by atoms with Gasteiger partial charge in [0, 0.05) is 37.0 Å². The van der Waals surface area contributed by atoms with Crippen molar-refractivity contribution in [2.45, 2.75) is 19.1 Å². The molecule has 0 fully saturated rings. The fourth-order valence-corrected chi connectivity index (χ4v) is 3.89. The molecule has 31 heavy (non-hydrogen) atoms. The minimum atomic E-state index is -0.556. The third-order valence-electron chi connectivity index (χ3n) is 5.49. The summed E-state index contributed by atoms with van der Waals surface area (Å²) in [7, 11) is 0. The largest absolute Gasteiger partial charge is 0.490 e. The van der Waals surface area contributed by atoms with Gasteiger partial charge in [-0.1, -0.05) is 61.2 Å². The number of ether oxygens (including phenoxy) is 1. The molecule has 0 aliphatic heterocycles. The van der Waals surface area contributed by atoms with E-state index in [0.29, 0.717) is 6.54 Å². The highest BCUT2D eigenvalue weighted by atomic mass is 16.5. The van der Waals surface area contributed by atoms with Crippen molar-refractivity contribution < 1.29 is 14.4 Å². The van der Waals surface area contributed by atoms with Gasteiger partial charge in [-0.2, -0.15) is 4.57 Å². The summed E-state index contributed by atoms with van der Waals surface area (Å²) < 4.78 is 8.14. The lowest BCUT2D eigenvalue weighted by Crippen LogP contribution is -2.37. The molecule has 0 radical (unpaired) electrons. The van der Waals surface area contributed by atoms with E-state index >= 15 is 0 Å². The maximum absolute atomic E-state index is 10.3. The van der Waals surface area contributed by atoms with Crippen LogP contribution in [0.2, 0.25) is 0 Å². The molecule has 1 heterocycles. The fourth-order valence-electron chi connectivity index (χ4n) is 3.89. The maximum Gasteiger partial charge on any atom is 0.213 e. The van der Waals surface area contributed by atoms with Gasteiger partial charge in [0.15, 0.2) is 6.20 Å². The Morgan fingerprint density at radius 3 is 2.61 bits per heavy atom. The number of para-hydroxylation sites is 1. The first kappa shape index (κ1) is 21.0. The number of rotatable bonds is 10. The Bertz CT molecular complexity index is 1170. The molecule has 4 rings (SSSR count). The number of nitrogens with zero attached hydrogens (tertiary/aromatic N) is 1. The summed E-state index contributed by atoms with van der Waals surface area (Å²) in [6, 6.07) is 24.6. The number of aryl methyl sites for hydroxylation is 1. The summed E-state index contributed by atoms with van der Waals surface area (Å²) in [5.74, 6) is 0.809. The second kappa shape index (κ2) is 10.2. The van der Waals surface area contributed by atoms with Crippen molar-refractivity contribution in [3.8, 4) is 5.75 Å². The monoisotopic (exact) mass is 413 g/mol. The van der Waals surface area contributed by atoms with E-state index in [9.17, 15) is 5.11 Å². The van der Waals surface area contributed by atoms with E-state index in [2.05, 4.69) is 65.1 Å². The lowest BCUT2D eigenvalue weighted by atomic mass is 10.1. The van der Waals surface area contributed by atoms with Crippen LogP contribution in [0.4, 0.5) is 0 Å². The molecule has 0 aliphatic carbocycles. The predicted octanol–water partition coefficient (Wildman–Crippen LogP) is 4.34. The van der Waals surface area contributed by atoms with Crippen molar-refractivity contribution in [2.75, 3.05) is 19.7 Å². The first-order valence-electron chi connectivity index (χ1n) is 10.8. The number of aliphatic hydroxyl groups is 1. The first-order valence-corrected chi connectivity index (χ1v) is 10.8. The second-order valence-corrected chi connectivity index (χ2v) is 7.69. The van der Waals surface area contributed by atoms with E-state index in [0.717, 1.165) is 41.6 Å². The molecule has 0 saturated heterocycles. The van der Waals surface area contributed by atoms with E-state index in [-0.39, 0.29) is 6.61 Å². The highest BCUT2D eigenvalue weighted by molar-refractivity contribution is 5.88. The van der Waals surface area contributed by atoms with E-state index < -0.39 is 6.10 Å². The highest BCUT2D eigenvalue weighted by Gasteiger charge is 2.11. The van der Waals surface area contributed by atoms with Crippen LogP contribution in [-0.4, -0.2) is 30.9 Å². The zero-order chi connectivity index (χ0) is 21.5. The van der Waals surface area contributed by atoms with Crippen molar-refractivity contribution >= 4 is 27.8 Å². The molecule has 0 aliphatic rings. The predicted molar refractivity (Wildman–Crippen MR) is 127 cm³/mol.